The number of fused-ring (bicyclic) bond motifs is 1. The van der Waals surface area contributed by atoms with Crippen molar-refractivity contribution >= 4 is 28.7 Å². The second kappa shape index (κ2) is 8.52. The number of morpholine rings is 1. The van der Waals surface area contributed by atoms with Crippen LogP contribution in [0.15, 0.2) is 58.8 Å². The molecule has 4 aromatic rings. The van der Waals surface area contributed by atoms with E-state index in [4.69, 9.17) is 4.74 Å². The number of benzene rings is 1. The minimum absolute atomic E-state index is 0.108. The molecular weight excluding hydrogens is 424 g/mol. The highest BCUT2D eigenvalue weighted by atomic mass is 32.2. The van der Waals surface area contributed by atoms with Gasteiger partial charge in [-0.05, 0) is 36.0 Å². The number of ether oxygens (including phenoxy) is 1. The molecule has 1 saturated heterocycles. The van der Waals surface area contributed by atoms with Gasteiger partial charge in [-0.2, -0.15) is 15.0 Å². The number of hydrogen-bond donors (Lipinski definition) is 0. The maximum Gasteiger partial charge on any atom is 0.296 e. The Balaban J connectivity index is 1.66. The topological polar surface area (TPSA) is 81.9 Å². The van der Waals surface area contributed by atoms with Crippen LogP contribution in [-0.4, -0.2) is 55.8 Å². The molecule has 5 rings (SSSR count). The number of alkyl halides is 2. The Labute approximate surface area is 180 Å². The lowest BCUT2D eigenvalue weighted by molar-refractivity contribution is 0.122. The van der Waals surface area contributed by atoms with Crippen LogP contribution in [0.4, 0.5) is 14.7 Å². The molecule has 1 aliphatic heterocycles. The van der Waals surface area contributed by atoms with Crippen molar-refractivity contribution in [2.24, 2.45) is 0 Å². The van der Waals surface area contributed by atoms with Crippen LogP contribution in [-0.2, 0) is 4.74 Å². The lowest BCUT2D eigenvalue weighted by atomic mass is 10.3. The van der Waals surface area contributed by atoms with Gasteiger partial charge in [0.1, 0.15) is 0 Å². The van der Waals surface area contributed by atoms with Crippen LogP contribution in [0.1, 0.15) is 12.2 Å². The Hall–Kier alpha value is -3.18. The Morgan fingerprint density at radius 2 is 1.65 bits per heavy atom. The molecule has 11 heteroatoms. The molecule has 8 nitrogen and oxygen atoms in total. The Morgan fingerprint density at radius 1 is 0.903 bits per heavy atom. The van der Waals surface area contributed by atoms with E-state index in [1.165, 1.54) is 16.3 Å². The molecule has 1 aromatic carbocycles. The van der Waals surface area contributed by atoms with E-state index in [1.54, 1.807) is 36.7 Å². The molecule has 0 saturated carbocycles. The fraction of sp³-hybridized carbons (Fsp3) is 0.250. The highest BCUT2D eigenvalue weighted by molar-refractivity contribution is 7.99. The zero-order chi connectivity index (χ0) is 21.2. The van der Waals surface area contributed by atoms with Crippen molar-refractivity contribution in [1.29, 1.82) is 0 Å². The minimum atomic E-state index is -2.78. The molecule has 0 atom stereocenters. The number of halogens is 2. The molecule has 0 aliphatic carbocycles. The molecule has 0 bridgehead atoms. The molecule has 0 spiro atoms. The van der Waals surface area contributed by atoms with E-state index < -0.39 is 12.2 Å². The first-order valence-corrected chi connectivity index (χ1v) is 10.4. The number of aromatic nitrogens is 6. The van der Waals surface area contributed by atoms with Crippen molar-refractivity contribution < 1.29 is 13.5 Å². The van der Waals surface area contributed by atoms with Gasteiger partial charge in [0.2, 0.25) is 11.9 Å². The molecule has 0 N–H and O–H groups in total. The number of hydrogen-bond acceptors (Lipinski definition) is 8. The highest BCUT2D eigenvalue weighted by Crippen LogP contribution is 2.30. The molecule has 1 fully saturated rings. The number of pyridine rings is 1. The fourth-order valence-corrected chi connectivity index (χ4v) is 4.02. The third kappa shape index (κ3) is 4.06. The zero-order valence-electron chi connectivity index (χ0n) is 16.2. The summed E-state index contributed by atoms with van der Waals surface area (Å²) in [5.74, 6) is 0.125. The van der Waals surface area contributed by atoms with E-state index in [9.17, 15) is 8.78 Å². The van der Waals surface area contributed by atoms with Gasteiger partial charge in [0.15, 0.2) is 11.0 Å². The number of rotatable bonds is 5. The first-order valence-electron chi connectivity index (χ1n) is 9.61. The van der Waals surface area contributed by atoms with Crippen molar-refractivity contribution in [1.82, 2.24) is 29.5 Å². The highest BCUT2D eigenvalue weighted by Gasteiger charge is 2.24. The fourth-order valence-electron chi connectivity index (χ4n) is 3.30. The second-order valence-corrected chi connectivity index (χ2v) is 7.74. The Morgan fingerprint density at radius 3 is 2.42 bits per heavy atom. The van der Waals surface area contributed by atoms with Crippen molar-refractivity contribution in [2.45, 2.75) is 16.5 Å². The van der Waals surface area contributed by atoms with Crippen LogP contribution in [0.2, 0.25) is 0 Å². The van der Waals surface area contributed by atoms with Crippen molar-refractivity contribution in [3.05, 3.63) is 54.6 Å². The molecule has 0 amide bonds. The summed E-state index contributed by atoms with van der Waals surface area (Å²) in [7, 11) is 0. The van der Waals surface area contributed by atoms with E-state index in [2.05, 4.69) is 24.9 Å². The third-order valence-electron chi connectivity index (χ3n) is 4.73. The number of nitrogens with zero attached hydrogens (tertiary/aromatic N) is 7. The predicted octanol–water partition coefficient (Wildman–Crippen LogP) is 3.53. The van der Waals surface area contributed by atoms with E-state index in [-0.39, 0.29) is 5.95 Å². The second-order valence-electron chi connectivity index (χ2n) is 6.70. The molecular formula is C20H17F2N7OS. The van der Waals surface area contributed by atoms with Gasteiger partial charge >= 0.3 is 0 Å². The Bertz CT molecular complexity index is 1200. The quantitative estimate of drug-likeness (QED) is 0.465. The minimum Gasteiger partial charge on any atom is -0.378 e. The maximum atomic E-state index is 13.9. The summed E-state index contributed by atoms with van der Waals surface area (Å²) >= 11 is 1.32. The standard InChI is InChI=1S/C20H17F2N7OS/c21-16(22)17-24-14-3-1-2-4-15(14)29(17)19-25-18(28-9-11-30-12-10-28)26-20(27-19)31-13-5-7-23-8-6-13/h1-8,16H,9-12H2. The predicted molar refractivity (Wildman–Crippen MR) is 111 cm³/mol. The van der Waals surface area contributed by atoms with Crippen LogP contribution in [0.3, 0.4) is 0 Å². The smallest absolute Gasteiger partial charge is 0.296 e. The van der Waals surface area contributed by atoms with Crippen LogP contribution in [0, 0.1) is 0 Å². The molecule has 0 radical (unpaired) electrons. The number of imidazole rings is 1. The van der Waals surface area contributed by atoms with Gasteiger partial charge in [-0.15, -0.1) is 0 Å². The largest absolute Gasteiger partial charge is 0.378 e. The van der Waals surface area contributed by atoms with Gasteiger partial charge in [0.25, 0.3) is 6.43 Å². The summed E-state index contributed by atoms with van der Waals surface area (Å²) in [6, 6.07) is 10.6. The average molecular weight is 441 g/mol. The monoisotopic (exact) mass is 441 g/mol. The van der Waals surface area contributed by atoms with Crippen LogP contribution < -0.4 is 4.90 Å². The normalized spacial score (nSPS) is 14.5. The van der Waals surface area contributed by atoms with Crippen LogP contribution >= 0.6 is 11.8 Å². The van der Waals surface area contributed by atoms with Gasteiger partial charge in [0.05, 0.1) is 24.2 Å². The van der Waals surface area contributed by atoms with Gasteiger partial charge in [0, 0.05) is 30.4 Å². The zero-order valence-corrected chi connectivity index (χ0v) is 17.0. The molecule has 4 heterocycles. The maximum absolute atomic E-state index is 13.9. The summed E-state index contributed by atoms with van der Waals surface area (Å²) in [6.07, 6.45) is 0.560. The lowest BCUT2D eigenvalue weighted by Gasteiger charge is -2.27. The third-order valence-corrected chi connectivity index (χ3v) is 5.60. The molecule has 31 heavy (non-hydrogen) atoms. The van der Waals surface area contributed by atoms with Crippen molar-refractivity contribution in [3.8, 4) is 5.95 Å². The van der Waals surface area contributed by atoms with Crippen LogP contribution in [0.25, 0.3) is 17.0 Å². The number of anilines is 1. The molecule has 1 aliphatic rings. The van der Waals surface area contributed by atoms with E-state index >= 15 is 0 Å². The van der Waals surface area contributed by atoms with E-state index in [0.717, 1.165) is 4.90 Å². The average Bonchev–Trinajstić information content (AvgIpc) is 3.20. The van der Waals surface area contributed by atoms with Gasteiger partial charge in [-0.3, -0.25) is 9.55 Å². The van der Waals surface area contributed by atoms with Gasteiger partial charge in [-0.1, -0.05) is 12.1 Å². The first-order chi connectivity index (χ1) is 15.2. The molecule has 158 valence electrons. The molecule has 0 unspecified atom stereocenters. The van der Waals surface area contributed by atoms with Crippen LogP contribution in [0.5, 0.6) is 0 Å². The first kappa shape index (κ1) is 19.8. The number of para-hydroxylation sites is 2. The lowest BCUT2D eigenvalue weighted by Crippen LogP contribution is -2.37. The van der Waals surface area contributed by atoms with Gasteiger partial charge in [-0.25, -0.2) is 13.8 Å². The summed E-state index contributed by atoms with van der Waals surface area (Å²) in [5.41, 5.74) is 0.964. The van der Waals surface area contributed by atoms with E-state index in [0.29, 0.717) is 48.4 Å². The SMILES string of the molecule is FC(F)c1nc2ccccc2n1-c1nc(Sc2ccncc2)nc(N2CCOCC2)n1. The summed E-state index contributed by atoms with van der Waals surface area (Å²) < 4.78 is 34.4. The van der Waals surface area contributed by atoms with Gasteiger partial charge < -0.3 is 9.64 Å². The van der Waals surface area contributed by atoms with Crippen molar-refractivity contribution in [2.75, 3.05) is 31.2 Å². The Kier molecular flexibility index (Phi) is 5.43. The summed E-state index contributed by atoms with van der Waals surface area (Å²) in [6.45, 7) is 2.30. The summed E-state index contributed by atoms with van der Waals surface area (Å²) in [5, 5.41) is 0.399. The van der Waals surface area contributed by atoms with Crippen molar-refractivity contribution in [3.63, 3.8) is 0 Å². The summed E-state index contributed by atoms with van der Waals surface area (Å²) in [4.78, 5) is 24.6. The van der Waals surface area contributed by atoms with E-state index in [1.807, 2.05) is 17.0 Å². The molecule has 3 aromatic heterocycles.